The number of aliphatic hydroxyl groups excluding tert-OH is 2. The summed E-state index contributed by atoms with van der Waals surface area (Å²) in [5.74, 6) is 0. The summed E-state index contributed by atoms with van der Waals surface area (Å²) in [6, 6.07) is 7.75. The van der Waals surface area contributed by atoms with Crippen LogP contribution in [0, 0.1) is 0 Å². The number of hydrogen-bond acceptors (Lipinski definition) is 5. The largest absolute Gasteiger partial charge is 0.392 e. The van der Waals surface area contributed by atoms with Gasteiger partial charge in [-0.15, -0.1) is 0 Å². The first-order valence-corrected chi connectivity index (χ1v) is 7.54. The molecule has 0 amide bonds. The summed E-state index contributed by atoms with van der Waals surface area (Å²) < 4.78 is 10.9. The number of nitrogens with one attached hydrogen (secondary N) is 1. The highest BCUT2D eigenvalue weighted by molar-refractivity contribution is 5.22. The van der Waals surface area contributed by atoms with Gasteiger partial charge in [-0.3, -0.25) is 0 Å². The Kier molecular flexibility index (Phi) is 7.12. The zero-order valence-electron chi connectivity index (χ0n) is 12.3. The minimum atomic E-state index is -0.521. The fraction of sp³-hybridized carbons (Fsp3) is 0.625. The third kappa shape index (κ3) is 6.11. The van der Waals surface area contributed by atoms with Crippen molar-refractivity contribution < 1.29 is 19.7 Å². The molecule has 1 aromatic carbocycles. The number of hydrogen-bond donors (Lipinski definition) is 3. The summed E-state index contributed by atoms with van der Waals surface area (Å²) in [4.78, 5) is 0. The summed E-state index contributed by atoms with van der Waals surface area (Å²) in [6.07, 6.45) is 1.83. The molecule has 2 rings (SSSR count). The molecule has 1 fully saturated rings. The molecule has 21 heavy (non-hydrogen) atoms. The molecule has 0 saturated carbocycles. The molecule has 0 aliphatic carbocycles. The van der Waals surface area contributed by atoms with Gasteiger partial charge in [-0.25, -0.2) is 0 Å². The van der Waals surface area contributed by atoms with Crippen LogP contribution in [0.15, 0.2) is 24.3 Å². The van der Waals surface area contributed by atoms with Crippen molar-refractivity contribution in [1.29, 1.82) is 0 Å². The molecular weight excluding hydrogens is 270 g/mol. The van der Waals surface area contributed by atoms with Crippen LogP contribution in [0.5, 0.6) is 0 Å². The van der Waals surface area contributed by atoms with Gasteiger partial charge in [-0.1, -0.05) is 24.3 Å². The van der Waals surface area contributed by atoms with Crippen LogP contribution in [0.1, 0.15) is 24.0 Å². The zero-order chi connectivity index (χ0) is 14.9. The highest BCUT2D eigenvalue weighted by Gasteiger charge is 2.16. The number of ether oxygens (including phenoxy) is 2. The lowest BCUT2D eigenvalue weighted by molar-refractivity contribution is -0.0164. The number of rotatable bonds is 9. The minimum Gasteiger partial charge on any atom is -0.392 e. The van der Waals surface area contributed by atoms with E-state index in [2.05, 4.69) is 5.32 Å². The Bertz CT molecular complexity index is 407. The van der Waals surface area contributed by atoms with Gasteiger partial charge in [0.1, 0.15) is 0 Å². The fourth-order valence-electron chi connectivity index (χ4n) is 2.39. The van der Waals surface area contributed by atoms with Crippen LogP contribution in [0.4, 0.5) is 0 Å². The highest BCUT2D eigenvalue weighted by atomic mass is 16.5. The lowest BCUT2D eigenvalue weighted by Gasteiger charge is -2.14. The molecule has 0 aromatic heterocycles. The Morgan fingerprint density at radius 2 is 2.24 bits per heavy atom. The maximum absolute atomic E-state index is 9.83. The first-order valence-electron chi connectivity index (χ1n) is 7.54. The predicted octanol–water partition coefficient (Wildman–Crippen LogP) is 0.825. The number of aliphatic hydroxyl groups is 2. The molecule has 1 saturated heterocycles. The molecule has 118 valence electrons. The molecule has 0 radical (unpaired) electrons. The van der Waals surface area contributed by atoms with Crippen molar-refractivity contribution in [3.8, 4) is 0 Å². The van der Waals surface area contributed by atoms with Crippen molar-refractivity contribution in [2.24, 2.45) is 0 Å². The first kappa shape index (κ1) is 16.4. The third-order valence-corrected chi connectivity index (χ3v) is 3.52. The predicted molar refractivity (Wildman–Crippen MR) is 79.9 cm³/mol. The van der Waals surface area contributed by atoms with E-state index in [0.717, 1.165) is 30.6 Å². The van der Waals surface area contributed by atoms with Gasteiger partial charge in [0.15, 0.2) is 0 Å². The van der Waals surface area contributed by atoms with E-state index in [4.69, 9.17) is 14.6 Å². The van der Waals surface area contributed by atoms with Crippen LogP contribution < -0.4 is 5.32 Å². The molecule has 5 nitrogen and oxygen atoms in total. The highest BCUT2D eigenvalue weighted by Crippen LogP contribution is 2.11. The van der Waals surface area contributed by atoms with Crippen LogP contribution >= 0.6 is 0 Å². The Balaban J connectivity index is 1.56. The normalized spacial score (nSPS) is 19.8. The quantitative estimate of drug-likeness (QED) is 0.629. The van der Waals surface area contributed by atoms with Gasteiger partial charge < -0.3 is 25.0 Å². The smallest absolute Gasteiger partial charge is 0.0897 e. The maximum Gasteiger partial charge on any atom is 0.0897 e. The van der Waals surface area contributed by atoms with Crippen LogP contribution in [0.3, 0.4) is 0 Å². The molecule has 0 spiro atoms. The van der Waals surface area contributed by atoms with E-state index in [1.165, 1.54) is 0 Å². The SMILES string of the molecule is OCc1cccc(CNCC(O)COCC2CCCO2)c1. The van der Waals surface area contributed by atoms with E-state index in [-0.39, 0.29) is 12.7 Å². The Morgan fingerprint density at radius 1 is 1.38 bits per heavy atom. The Labute approximate surface area is 125 Å². The van der Waals surface area contributed by atoms with E-state index in [1.54, 1.807) is 0 Å². The van der Waals surface area contributed by atoms with Gasteiger partial charge in [0, 0.05) is 19.7 Å². The summed E-state index contributed by atoms with van der Waals surface area (Å²) >= 11 is 0. The minimum absolute atomic E-state index is 0.0491. The molecule has 1 aromatic rings. The molecule has 5 heteroatoms. The molecule has 2 atom stereocenters. The van der Waals surface area contributed by atoms with Crippen molar-refractivity contribution in [1.82, 2.24) is 5.32 Å². The van der Waals surface area contributed by atoms with E-state index in [9.17, 15) is 5.11 Å². The standard InChI is InChI=1S/C16H25NO4/c18-10-14-4-1-3-13(7-14)8-17-9-15(19)11-20-12-16-5-2-6-21-16/h1,3-4,7,15-19H,2,5-6,8-12H2. The second kappa shape index (κ2) is 9.12. The summed E-state index contributed by atoms with van der Waals surface area (Å²) in [5, 5.41) is 22.1. The summed E-state index contributed by atoms with van der Waals surface area (Å²) in [6.45, 7) is 2.91. The van der Waals surface area contributed by atoms with E-state index < -0.39 is 6.10 Å². The van der Waals surface area contributed by atoms with Crippen molar-refractivity contribution >= 4 is 0 Å². The average molecular weight is 295 g/mol. The molecule has 1 aliphatic heterocycles. The molecular formula is C16H25NO4. The van der Waals surface area contributed by atoms with E-state index in [0.29, 0.717) is 26.3 Å². The van der Waals surface area contributed by atoms with E-state index >= 15 is 0 Å². The van der Waals surface area contributed by atoms with Crippen LogP contribution in [-0.4, -0.2) is 48.8 Å². The van der Waals surface area contributed by atoms with Crippen molar-refractivity contribution in [3.05, 3.63) is 35.4 Å². The first-order chi connectivity index (χ1) is 10.3. The molecule has 2 unspecified atom stereocenters. The van der Waals surface area contributed by atoms with Gasteiger partial charge in [0.05, 0.1) is 32.0 Å². The van der Waals surface area contributed by atoms with Gasteiger partial charge in [0.25, 0.3) is 0 Å². The lowest BCUT2D eigenvalue weighted by Crippen LogP contribution is -2.31. The van der Waals surface area contributed by atoms with Crippen LogP contribution in [0.25, 0.3) is 0 Å². The number of benzene rings is 1. The third-order valence-electron chi connectivity index (χ3n) is 3.52. The Hall–Kier alpha value is -0.980. The average Bonchev–Trinajstić information content (AvgIpc) is 3.01. The molecule has 3 N–H and O–H groups in total. The second-order valence-electron chi connectivity index (χ2n) is 5.44. The Morgan fingerprint density at radius 3 is 3.00 bits per heavy atom. The maximum atomic E-state index is 9.83. The molecule has 1 heterocycles. The second-order valence-corrected chi connectivity index (χ2v) is 5.44. The van der Waals surface area contributed by atoms with Gasteiger partial charge in [-0.2, -0.15) is 0 Å². The fourth-order valence-corrected chi connectivity index (χ4v) is 2.39. The monoisotopic (exact) mass is 295 g/mol. The molecule has 0 bridgehead atoms. The van der Waals surface area contributed by atoms with Gasteiger partial charge in [0.2, 0.25) is 0 Å². The summed E-state index contributed by atoms with van der Waals surface area (Å²) in [5.41, 5.74) is 1.99. The van der Waals surface area contributed by atoms with Gasteiger partial charge in [-0.05, 0) is 24.0 Å². The van der Waals surface area contributed by atoms with Crippen LogP contribution in [-0.2, 0) is 22.6 Å². The lowest BCUT2D eigenvalue weighted by atomic mass is 10.1. The molecule has 1 aliphatic rings. The topological polar surface area (TPSA) is 71.0 Å². The van der Waals surface area contributed by atoms with Crippen LogP contribution in [0.2, 0.25) is 0 Å². The van der Waals surface area contributed by atoms with Crippen molar-refractivity contribution in [2.45, 2.75) is 38.2 Å². The summed E-state index contributed by atoms with van der Waals surface area (Å²) in [7, 11) is 0. The van der Waals surface area contributed by atoms with Crippen molar-refractivity contribution in [3.63, 3.8) is 0 Å². The van der Waals surface area contributed by atoms with Crippen molar-refractivity contribution in [2.75, 3.05) is 26.4 Å². The van der Waals surface area contributed by atoms with Gasteiger partial charge >= 0.3 is 0 Å². The van der Waals surface area contributed by atoms with E-state index in [1.807, 2.05) is 24.3 Å². The zero-order valence-corrected chi connectivity index (χ0v) is 12.3.